The van der Waals surface area contributed by atoms with Crippen molar-refractivity contribution in [3.05, 3.63) is 86.2 Å². The topological polar surface area (TPSA) is 76.9 Å². The molecule has 0 saturated carbocycles. The van der Waals surface area contributed by atoms with Crippen molar-refractivity contribution < 1.29 is 18.0 Å². The first-order chi connectivity index (χ1) is 15.2. The molecule has 2 aromatic heterocycles. The maximum atomic E-state index is 13.0. The van der Waals surface area contributed by atoms with E-state index in [-0.39, 0.29) is 23.1 Å². The second-order valence-corrected chi connectivity index (χ2v) is 8.35. The van der Waals surface area contributed by atoms with E-state index in [0.717, 1.165) is 29.7 Å². The number of alkyl halides is 3. The summed E-state index contributed by atoms with van der Waals surface area (Å²) in [5.41, 5.74) is 0.198. The van der Waals surface area contributed by atoms with Crippen LogP contribution in [0.5, 0.6) is 0 Å². The summed E-state index contributed by atoms with van der Waals surface area (Å²) in [6.45, 7) is -0.240. The number of carbonyl (C=O) groups is 1. The molecule has 164 valence electrons. The van der Waals surface area contributed by atoms with Crippen LogP contribution in [0, 0.1) is 0 Å². The lowest BCUT2D eigenvalue weighted by atomic mass is 10.1. The summed E-state index contributed by atoms with van der Waals surface area (Å²) in [7, 11) is 0. The molecule has 0 saturated heterocycles. The lowest BCUT2D eigenvalue weighted by Crippen LogP contribution is -2.27. The average Bonchev–Trinajstić information content (AvgIpc) is 3.17. The number of halogens is 4. The molecule has 1 N–H and O–H groups in total. The third kappa shape index (κ3) is 4.81. The van der Waals surface area contributed by atoms with Gasteiger partial charge < -0.3 is 5.32 Å². The van der Waals surface area contributed by atoms with Crippen LogP contribution in [-0.2, 0) is 23.9 Å². The number of thiazole rings is 1. The summed E-state index contributed by atoms with van der Waals surface area (Å²) in [6, 6.07) is 10.1. The molecule has 4 rings (SSSR count). The molecule has 0 atom stereocenters. The Hall–Kier alpha value is -3.24. The number of amides is 1. The molecule has 2 aromatic carbocycles. The quantitative estimate of drug-likeness (QED) is 0.449. The Morgan fingerprint density at radius 3 is 2.69 bits per heavy atom. The number of carbonyl (C=O) groups excluding carboxylic acids is 1. The van der Waals surface area contributed by atoms with E-state index < -0.39 is 23.2 Å². The predicted octanol–water partition coefficient (Wildman–Crippen LogP) is 4.75. The van der Waals surface area contributed by atoms with Crippen LogP contribution < -0.4 is 10.9 Å². The normalized spacial score (nSPS) is 11.6. The Kier molecular flexibility index (Phi) is 5.98. The highest BCUT2D eigenvalue weighted by Crippen LogP contribution is 2.33. The van der Waals surface area contributed by atoms with Crippen LogP contribution in [0.15, 0.2) is 59.7 Å². The van der Waals surface area contributed by atoms with Crippen LogP contribution in [-0.4, -0.2) is 20.4 Å². The van der Waals surface area contributed by atoms with Gasteiger partial charge in [-0.05, 0) is 35.9 Å². The van der Waals surface area contributed by atoms with Gasteiger partial charge in [0.25, 0.3) is 5.56 Å². The van der Waals surface area contributed by atoms with Crippen molar-refractivity contribution in [2.75, 3.05) is 5.32 Å². The largest absolute Gasteiger partial charge is 0.416 e. The number of nitrogens with one attached hydrogen (secondary N) is 1. The van der Waals surface area contributed by atoms with Crippen molar-refractivity contribution in [1.29, 1.82) is 0 Å². The number of nitrogens with zero attached hydrogens (tertiary/aromatic N) is 3. The van der Waals surface area contributed by atoms with Gasteiger partial charge in [-0.25, -0.2) is 9.97 Å². The predicted molar refractivity (Wildman–Crippen MR) is 116 cm³/mol. The van der Waals surface area contributed by atoms with E-state index in [1.54, 1.807) is 24.3 Å². The maximum absolute atomic E-state index is 13.0. The minimum atomic E-state index is -4.47. The minimum Gasteiger partial charge on any atom is -0.300 e. The van der Waals surface area contributed by atoms with Gasteiger partial charge in [-0.2, -0.15) is 13.2 Å². The number of para-hydroxylation sites is 2. The fraction of sp³-hybridized carbons (Fsp3) is 0.143. The van der Waals surface area contributed by atoms with Crippen LogP contribution in [0.4, 0.5) is 18.3 Å². The average molecular weight is 479 g/mol. The molecule has 1 amide bonds. The SMILES string of the molecule is O=C(Cn1c(=O)cnc2ccccc21)Nc1ncc(Cc2cc(C(F)(F)F)ccc2Cl)s1. The molecule has 2 heterocycles. The van der Waals surface area contributed by atoms with Gasteiger partial charge in [0.2, 0.25) is 5.91 Å². The first kappa shape index (κ1) is 22.0. The second-order valence-electron chi connectivity index (χ2n) is 6.83. The Balaban J connectivity index is 1.48. The molecule has 0 fully saturated rings. The van der Waals surface area contributed by atoms with Gasteiger partial charge >= 0.3 is 6.18 Å². The molecule has 32 heavy (non-hydrogen) atoms. The molecular formula is C21H14ClF3N4O2S. The smallest absolute Gasteiger partial charge is 0.300 e. The molecule has 0 spiro atoms. The second kappa shape index (κ2) is 8.71. The van der Waals surface area contributed by atoms with Crippen molar-refractivity contribution >= 4 is 45.0 Å². The van der Waals surface area contributed by atoms with E-state index in [0.29, 0.717) is 21.5 Å². The van der Waals surface area contributed by atoms with E-state index in [4.69, 9.17) is 11.6 Å². The van der Waals surface area contributed by atoms with E-state index in [1.807, 2.05) is 0 Å². The van der Waals surface area contributed by atoms with Gasteiger partial charge in [0, 0.05) is 22.5 Å². The van der Waals surface area contributed by atoms with E-state index in [1.165, 1.54) is 16.8 Å². The van der Waals surface area contributed by atoms with Crippen molar-refractivity contribution in [3.8, 4) is 0 Å². The number of fused-ring (bicyclic) bond motifs is 1. The number of anilines is 1. The lowest BCUT2D eigenvalue weighted by Gasteiger charge is -2.10. The van der Waals surface area contributed by atoms with Crippen molar-refractivity contribution in [2.24, 2.45) is 0 Å². The fourth-order valence-electron chi connectivity index (χ4n) is 3.10. The van der Waals surface area contributed by atoms with Crippen LogP contribution in [0.3, 0.4) is 0 Å². The summed E-state index contributed by atoms with van der Waals surface area (Å²) in [6.07, 6.45) is -1.73. The van der Waals surface area contributed by atoms with Gasteiger partial charge in [0.15, 0.2) is 5.13 Å². The van der Waals surface area contributed by atoms with Gasteiger partial charge in [-0.15, -0.1) is 11.3 Å². The highest BCUT2D eigenvalue weighted by molar-refractivity contribution is 7.15. The van der Waals surface area contributed by atoms with Crippen molar-refractivity contribution in [2.45, 2.75) is 19.1 Å². The molecule has 0 aliphatic rings. The number of rotatable bonds is 5. The van der Waals surface area contributed by atoms with Crippen LogP contribution in [0.25, 0.3) is 11.0 Å². The Morgan fingerprint density at radius 2 is 1.91 bits per heavy atom. The van der Waals surface area contributed by atoms with Gasteiger partial charge in [0.05, 0.1) is 22.8 Å². The number of benzene rings is 2. The Labute approximate surface area is 188 Å². The zero-order valence-corrected chi connectivity index (χ0v) is 17.8. The maximum Gasteiger partial charge on any atom is 0.416 e. The third-order valence-corrected chi connectivity index (χ3v) is 5.87. The monoisotopic (exact) mass is 478 g/mol. The molecule has 6 nitrogen and oxygen atoms in total. The van der Waals surface area contributed by atoms with Crippen molar-refractivity contribution in [1.82, 2.24) is 14.5 Å². The van der Waals surface area contributed by atoms with Crippen LogP contribution >= 0.6 is 22.9 Å². The van der Waals surface area contributed by atoms with Gasteiger partial charge in [-0.3, -0.25) is 14.2 Å². The summed E-state index contributed by atoms with van der Waals surface area (Å²) in [5, 5.41) is 3.09. The first-order valence-corrected chi connectivity index (χ1v) is 10.4. The van der Waals surface area contributed by atoms with E-state index in [9.17, 15) is 22.8 Å². The zero-order valence-electron chi connectivity index (χ0n) is 16.2. The molecule has 0 unspecified atom stereocenters. The molecule has 0 aliphatic carbocycles. The lowest BCUT2D eigenvalue weighted by molar-refractivity contribution is -0.137. The first-order valence-electron chi connectivity index (χ1n) is 9.25. The summed E-state index contributed by atoms with van der Waals surface area (Å²) in [5.74, 6) is -0.471. The summed E-state index contributed by atoms with van der Waals surface area (Å²) < 4.78 is 40.2. The standard InChI is InChI=1S/C21H14ClF3N4O2S/c22-15-6-5-13(21(23,24)25)7-12(15)8-14-9-27-20(32-14)28-18(30)11-29-17-4-2-1-3-16(17)26-10-19(29)31/h1-7,9-10H,8,11H2,(H,27,28,30). The molecule has 0 bridgehead atoms. The Bertz CT molecular complexity index is 1370. The van der Waals surface area contributed by atoms with Gasteiger partial charge in [0.1, 0.15) is 6.54 Å². The number of aromatic nitrogens is 3. The summed E-state index contributed by atoms with van der Waals surface area (Å²) in [4.78, 5) is 33.4. The zero-order chi connectivity index (χ0) is 22.9. The highest BCUT2D eigenvalue weighted by Gasteiger charge is 2.31. The number of hydrogen-bond donors (Lipinski definition) is 1. The van der Waals surface area contributed by atoms with Crippen molar-refractivity contribution in [3.63, 3.8) is 0 Å². The molecule has 0 radical (unpaired) electrons. The van der Waals surface area contributed by atoms with Gasteiger partial charge in [-0.1, -0.05) is 23.7 Å². The molecule has 4 aromatic rings. The van der Waals surface area contributed by atoms with E-state index in [2.05, 4.69) is 15.3 Å². The Morgan fingerprint density at radius 1 is 1.12 bits per heavy atom. The summed E-state index contributed by atoms with van der Waals surface area (Å²) >= 11 is 7.16. The van der Waals surface area contributed by atoms with Crippen LogP contribution in [0.1, 0.15) is 16.0 Å². The van der Waals surface area contributed by atoms with Crippen LogP contribution in [0.2, 0.25) is 5.02 Å². The molecular weight excluding hydrogens is 465 g/mol. The minimum absolute atomic E-state index is 0.130. The van der Waals surface area contributed by atoms with E-state index >= 15 is 0 Å². The molecule has 0 aliphatic heterocycles. The third-order valence-electron chi connectivity index (χ3n) is 4.59. The highest BCUT2D eigenvalue weighted by atomic mass is 35.5. The molecule has 11 heteroatoms. The fourth-order valence-corrected chi connectivity index (χ4v) is 4.14. The number of hydrogen-bond acceptors (Lipinski definition) is 5.